The average Bonchev–Trinajstić information content (AvgIpc) is 3.20. The van der Waals surface area contributed by atoms with Crippen LogP contribution < -0.4 is 5.32 Å². The van der Waals surface area contributed by atoms with Gasteiger partial charge in [0.15, 0.2) is 5.82 Å². The van der Waals surface area contributed by atoms with Crippen LogP contribution in [-0.2, 0) is 11.3 Å². The third kappa shape index (κ3) is 3.33. The summed E-state index contributed by atoms with van der Waals surface area (Å²) in [6, 6.07) is 13.3. The smallest absolute Gasteiger partial charge is 0.227 e. The first kappa shape index (κ1) is 15.5. The molecule has 0 radical (unpaired) electrons. The molecule has 1 aromatic carbocycles. The lowest BCUT2D eigenvalue weighted by molar-refractivity contribution is -0.116. The SMILES string of the molecule is Cc1ccn(CCC(=O)Nc2c(C#N)cnn2-c2ccccc2)n1. The van der Waals surface area contributed by atoms with Gasteiger partial charge < -0.3 is 5.32 Å². The molecule has 0 bridgehead atoms. The highest BCUT2D eigenvalue weighted by molar-refractivity contribution is 5.91. The van der Waals surface area contributed by atoms with E-state index in [-0.39, 0.29) is 12.3 Å². The summed E-state index contributed by atoms with van der Waals surface area (Å²) in [5.41, 5.74) is 2.00. The number of hydrogen-bond acceptors (Lipinski definition) is 4. The fourth-order valence-electron chi connectivity index (χ4n) is 2.31. The lowest BCUT2D eigenvalue weighted by Crippen LogP contribution is -2.18. The van der Waals surface area contributed by atoms with Gasteiger partial charge in [0.1, 0.15) is 11.6 Å². The van der Waals surface area contributed by atoms with Gasteiger partial charge in [0.2, 0.25) is 5.91 Å². The van der Waals surface area contributed by atoms with E-state index in [2.05, 4.69) is 21.6 Å². The van der Waals surface area contributed by atoms with Gasteiger partial charge in [-0.1, -0.05) is 18.2 Å². The second-order valence-electron chi connectivity index (χ2n) is 5.28. The topological polar surface area (TPSA) is 88.5 Å². The molecule has 0 aliphatic carbocycles. The standard InChI is InChI=1S/C17H16N6O/c1-13-7-9-22(21-13)10-8-16(24)20-17-14(11-18)12-19-23(17)15-5-3-2-4-6-15/h2-7,9,12H,8,10H2,1H3,(H,20,24). The number of aromatic nitrogens is 4. The molecule has 0 aliphatic rings. The summed E-state index contributed by atoms with van der Waals surface area (Å²) in [4.78, 5) is 12.2. The van der Waals surface area contributed by atoms with Crippen LogP contribution in [0.25, 0.3) is 5.69 Å². The molecular formula is C17H16N6O. The molecule has 3 aromatic rings. The molecule has 3 rings (SSSR count). The van der Waals surface area contributed by atoms with E-state index in [9.17, 15) is 10.1 Å². The van der Waals surface area contributed by atoms with Crippen molar-refractivity contribution in [2.75, 3.05) is 5.32 Å². The minimum atomic E-state index is -0.197. The largest absolute Gasteiger partial charge is 0.309 e. The number of nitrogens with one attached hydrogen (secondary N) is 1. The van der Waals surface area contributed by atoms with Gasteiger partial charge in [-0.3, -0.25) is 9.48 Å². The molecule has 0 saturated carbocycles. The number of benzene rings is 1. The Kier molecular flexibility index (Phi) is 4.38. The molecule has 0 spiro atoms. The number of nitriles is 1. The van der Waals surface area contributed by atoms with E-state index in [1.807, 2.05) is 49.5 Å². The van der Waals surface area contributed by atoms with E-state index in [1.54, 1.807) is 9.36 Å². The molecule has 1 amide bonds. The summed E-state index contributed by atoms with van der Waals surface area (Å²) in [6.45, 7) is 2.37. The Morgan fingerprint density at radius 2 is 2.08 bits per heavy atom. The maximum Gasteiger partial charge on any atom is 0.227 e. The van der Waals surface area contributed by atoms with E-state index in [0.29, 0.717) is 17.9 Å². The zero-order valence-electron chi connectivity index (χ0n) is 13.2. The van der Waals surface area contributed by atoms with E-state index in [0.717, 1.165) is 11.4 Å². The minimum Gasteiger partial charge on any atom is -0.309 e. The van der Waals surface area contributed by atoms with Crippen LogP contribution in [0.5, 0.6) is 0 Å². The molecule has 0 aliphatic heterocycles. The van der Waals surface area contributed by atoms with Crippen LogP contribution in [0.1, 0.15) is 17.7 Å². The predicted octanol–water partition coefficient (Wildman–Crippen LogP) is 2.28. The van der Waals surface area contributed by atoms with Gasteiger partial charge in [0.25, 0.3) is 0 Å². The Bertz CT molecular complexity index is 887. The summed E-state index contributed by atoms with van der Waals surface area (Å²) in [5, 5.41) is 20.5. The molecule has 7 nitrogen and oxygen atoms in total. The maximum absolute atomic E-state index is 12.2. The maximum atomic E-state index is 12.2. The molecule has 1 N–H and O–H groups in total. The Morgan fingerprint density at radius 3 is 2.75 bits per heavy atom. The van der Waals surface area contributed by atoms with E-state index >= 15 is 0 Å². The van der Waals surface area contributed by atoms with Gasteiger partial charge in [0.05, 0.1) is 17.6 Å². The third-order valence-corrected chi connectivity index (χ3v) is 3.49. The number of amides is 1. The van der Waals surface area contributed by atoms with Crippen LogP contribution in [0, 0.1) is 18.3 Å². The molecule has 24 heavy (non-hydrogen) atoms. The second kappa shape index (κ2) is 6.79. The number of anilines is 1. The van der Waals surface area contributed by atoms with Gasteiger partial charge in [-0.05, 0) is 25.1 Å². The van der Waals surface area contributed by atoms with E-state index in [1.165, 1.54) is 6.20 Å². The molecule has 0 atom stereocenters. The van der Waals surface area contributed by atoms with Crippen molar-refractivity contribution in [2.24, 2.45) is 0 Å². The molecule has 120 valence electrons. The van der Waals surface area contributed by atoms with Crippen LogP contribution in [0.2, 0.25) is 0 Å². The van der Waals surface area contributed by atoms with Crippen molar-refractivity contribution in [1.82, 2.24) is 19.6 Å². The molecule has 0 saturated heterocycles. The predicted molar refractivity (Wildman–Crippen MR) is 88.5 cm³/mol. The van der Waals surface area contributed by atoms with Crippen molar-refractivity contribution >= 4 is 11.7 Å². The number of hydrogen-bond donors (Lipinski definition) is 1. The van der Waals surface area contributed by atoms with Crippen LogP contribution >= 0.6 is 0 Å². The lowest BCUT2D eigenvalue weighted by Gasteiger charge is -2.09. The van der Waals surface area contributed by atoms with Crippen LogP contribution in [0.4, 0.5) is 5.82 Å². The fourth-order valence-corrected chi connectivity index (χ4v) is 2.31. The van der Waals surface area contributed by atoms with Gasteiger partial charge in [0, 0.05) is 19.2 Å². The van der Waals surface area contributed by atoms with Gasteiger partial charge in [-0.15, -0.1) is 0 Å². The molecular weight excluding hydrogens is 304 g/mol. The number of carbonyl (C=O) groups is 1. The van der Waals surface area contributed by atoms with Crippen molar-refractivity contribution in [3.8, 4) is 11.8 Å². The van der Waals surface area contributed by atoms with Crippen molar-refractivity contribution in [2.45, 2.75) is 19.9 Å². The van der Waals surface area contributed by atoms with Crippen molar-refractivity contribution < 1.29 is 4.79 Å². The fraction of sp³-hybridized carbons (Fsp3) is 0.176. The van der Waals surface area contributed by atoms with Crippen LogP contribution in [0.3, 0.4) is 0 Å². The zero-order chi connectivity index (χ0) is 16.9. The van der Waals surface area contributed by atoms with Crippen molar-refractivity contribution in [3.05, 3.63) is 60.0 Å². The number of aryl methyl sites for hydroxylation is 2. The number of para-hydroxylation sites is 1. The molecule has 7 heteroatoms. The normalized spacial score (nSPS) is 10.3. The highest BCUT2D eigenvalue weighted by Gasteiger charge is 2.15. The zero-order valence-corrected chi connectivity index (χ0v) is 13.2. The van der Waals surface area contributed by atoms with Gasteiger partial charge in [-0.2, -0.15) is 15.5 Å². The van der Waals surface area contributed by atoms with E-state index < -0.39 is 0 Å². The highest BCUT2D eigenvalue weighted by Crippen LogP contribution is 2.19. The highest BCUT2D eigenvalue weighted by atomic mass is 16.1. The summed E-state index contributed by atoms with van der Waals surface area (Å²) in [7, 11) is 0. The Morgan fingerprint density at radius 1 is 1.29 bits per heavy atom. The first-order valence-corrected chi connectivity index (χ1v) is 7.51. The Labute approximate surface area is 139 Å². The first-order chi connectivity index (χ1) is 11.7. The van der Waals surface area contributed by atoms with Crippen LogP contribution in [0.15, 0.2) is 48.8 Å². The summed E-state index contributed by atoms with van der Waals surface area (Å²) < 4.78 is 3.27. The molecule has 2 aromatic heterocycles. The summed E-state index contributed by atoms with van der Waals surface area (Å²) >= 11 is 0. The van der Waals surface area contributed by atoms with Crippen molar-refractivity contribution in [3.63, 3.8) is 0 Å². The lowest BCUT2D eigenvalue weighted by atomic mass is 10.3. The first-order valence-electron chi connectivity index (χ1n) is 7.51. The second-order valence-corrected chi connectivity index (χ2v) is 5.28. The molecule has 0 fully saturated rings. The molecule has 0 unspecified atom stereocenters. The third-order valence-electron chi connectivity index (χ3n) is 3.49. The average molecular weight is 320 g/mol. The van der Waals surface area contributed by atoms with Gasteiger partial charge in [-0.25, -0.2) is 4.68 Å². The molecule has 2 heterocycles. The quantitative estimate of drug-likeness (QED) is 0.781. The van der Waals surface area contributed by atoms with Crippen LogP contribution in [-0.4, -0.2) is 25.5 Å². The number of rotatable bonds is 5. The monoisotopic (exact) mass is 320 g/mol. The summed E-state index contributed by atoms with van der Waals surface area (Å²) in [5.74, 6) is 0.183. The van der Waals surface area contributed by atoms with Crippen molar-refractivity contribution in [1.29, 1.82) is 5.26 Å². The van der Waals surface area contributed by atoms with Gasteiger partial charge >= 0.3 is 0 Å². The number of carbonyl (C=O) groups excluding carboxylic acids is 1. The Hall–Kier alpha value is -3.40. The Balaban J connectivity index is 1.75. The number of nitrogens with zero attached hydrogens (tertiary/aromatic N) is 5. The minimum absolute atomic E-state index is 0.197. The van der Waals surface area contributed by atoms with E-state index in [4.69, 9.17) is 0 Å². The summed E-state index contributed by atoms with van der Waals surface area (Å²) in [6.07, 6.45) is 3.53.